The third-order valence-electron chi connectivity index (χ3n) is 4.04. The van der Waals surface area contributed by atoms with Crippen LogP contribution in [0.4, 0.5) is 0 Å². The topological polar surface area (TPSA) is 0 Å². The van der Waals surface area contributed by atoms with Crippen LogP contribution in [0.1, 0.15) is 110 Å². The maximum Gasteiger partial charge on any atom is 0.0805 e. The number of alkyl halides is 2. The Hall–Kier alpha value is 0.960. The van der Waals surface area contributed by atoms with Crippen LogP contribution < -0.4 is 0 Å². The van der Waals surface area contributed by atoms with Crippen LogP contribution in [0, 0.1) is 0 Å². The predicted molar refractivity (Wildman–Crippen MR) is 101 cm³/mol. The average Bonchev–Trinajstić information content (AvgIpc) is 2.41. The fraction of sp³-hybridized carbons (Fsp3) is 1.00. The Balaban J connectivity index is 3.35. The standard InChI is InChI=1S/C18H36Br2/c1-3-5-7-9-11-13-15-17-18(19,20)16-14-12-10-8-6-4-2/h3-17H2,1-2H3. The molecular weight excluding hydrogens is 376 g/mol. The van der Waals surface area contributed by atoms with Crippen LogP contribution in [0.25, 0.3) is 0 Å². The highest BCUT2D eigenvalue weighted by Gasteiger charge is 2.20. The van der Waals surface area contributed by atoms with E-state index in [1.54, 1.807) is 0 Å². The van der Waals surface area contributed by atoms with Crippen molar-refractivity contribution in [2.75, 3.05) is 0 Å². The van der Waals surface area contributed by atoms with Gasteiger partial charge in [-0.3, -0.25) is 0 Å². The lowest BCUT2D eigenvalue weighted by atomic mass is 10.0. The molecule has 0 saturated heterocycles. The van der Waals surface area contributed by atoms with Crippen LogP contribution in [0.2, 0.25) is 0 Å². The molecule has 0 aliphatic rings. The van der Waals surface area contributed by atoms with E-state index >= 15 is 0 Å². The minimum atomic E-state index is 0.216. The van der Waals surface area contributed by atoms with Gasteiger partial charge in [0.1, 0.15) is 0 Å². The lowest BCUT2D eigenvalue weighted by molar-refractivity contribution is 0.530. The van der Waals surface area contributed by atoms with E-state index < -0.39 is 0 Å². The molecule has 0 bridgehead atoms. The van der Waals surface area contributed by atoms with Crippen molar-refractivity contribution in [2.45, 2.75) is 113 Å². The summed E-state index contributed by atoms with van der Waals surface area (Å²) in [6.07, 6.45) is 20.7. The molecule has 0 aliphatic carbocycles. The molecule has 20 heavy (non-hydrogen) atoms. The first-order valence-electron chi connectivity index (χ1n) is 9.00. The maximum atomic E-state index is 3.88. The second-order valence-electron chi connectivity index (χ2n) is 6.25. The molecule has 0 aliphatic heterocycles. The Bertz CT molecular complexity index is 190. The molecule has 0 amide bonds. The number of halogens is 2. The van der Waals surface area contributed by atoms with Gasteiger partial charge in [0.25, 0.3) is 0 Å². The average molecular weight is 412 g/mol. The monoisotopic (exact) mass is 410 g/mol. The minimum absolute atomic E-state index is 0.216. The van der Waals surface area contributed by atoms with Gasteiger partial charge in [-0.1, -0.05) is 129 Å². The van der Waals surface area contributed by atoms with Crippen molar-refractivity contribution in [3.05, 3.63) is 0 Å². The van der Waals surface area contributed by atoms with Gasteiger partial charge >= 0.3 is 0 Å². The molecule has 0 aromatic rings. The Morgan fingerprint density at radius 3 is 1.15 bits per heavy atom. The molecule has 0 atom stereocenters. The number of rotatable bonds is 15. The van der Waals surface area contributed by atoms with Crippen molar-refractivity contribution in [1.82, 2.24) is 0 Å². The van der Waals surface area contributed by atoms with Crippen molar-refractivity contribution in [2.24, 2.45) is 0 Å². The zero-order chi connectivity index (χ0) is 15.1. The van der Waals surface area contributed by atoms with Gasteiger partial charge in [0, 0.05) is 0 Å². The largest absolute Gasteiger partial charge is 0.0805 e. The van der Waals surface area contributed by atoms with Gasteiger partial charge in [-0.15, -0.1) is 0 Å². The lowest BCUT2D eigenvalue weighted by Gasteiger charge is -2.20. The van der Waals surface area contributed by atoms with E-state index in [1.165, 1.54) is 96.3 Å². The van der Waals surface area contributed by atoms with E-state index in [2.05, 4.69) is 45.7 Å². The molecule has 0 unspecified atom stereocenters. The van der Waals surface area contributed by atoms with Crippen LogP contribution >= 0.6 is 31.9 Å². The van der Waals surface area contributed by atoms with Gasteiger partial charge in [0.15, 0.2) is 0 Å². The highest BCUT2D eigenvalue weighted by molar-refractivity contribution is 9.25. The van der Waals surface area contributed by atoms with E-state index in [1.807, 2.05) is 0 Å². The molecule has 0 fully saturated rings. The zero-order valence-corrected chi connectivity index (χ0v) is 17.0. The summed E-state index contributed by atoms with van der Waals surface area (Å²) >= 11 is 7.75. The first kappa shape index (κ1) is 21.0. The first-order valence-corrected chi connectivity index (χ1v) is 10.6. The Morgan fingerprint density at radius 1 is 0.500 bits per heavy atom. The van der Waals surface area contributed by atoms with E-state index in [0.717, 1.165) is 0 Å². The molecular formula is C18H36Br2. The van der Waals surface area contributed by atoms with E-state index in [-0.39, 0.29) is 3.23 Å². The SMILES string of the molecule is CCCCCCCCCC(Br)(Br)CCCCCCCC. The Kier molecular flexibility index (Phi) is 15.6. The van der Waals surface area contributed by atoms with Crippen molar-refractivity contribution in [3.63, 3.8) is 0 Å². The second kappa shape index (κ2) is 14.9. The van der Waals surface area contributed by atoms with E-state index in [4.69, 9.17) is 0 Å². The van der Waals surface area contributed by atoms with Gasteiger partial charge in [-0.25, -0.2) is 0 Å². The number of hydrogen-bond acceptors (Lipinski definition) is 0. The van der Waals surface area contributed by atoms with Crippen LogP contribution in [0.3, 0.4) is 0 Å². The van der Waals surface area contributed by atoms with E-state index in [0.29, 0.717) is 0 Å². The molecule has 0 aromatic heterocycles. The zero-order valence-electron chi connectivity index (χ0n) is 13.9. The first-order chi connectivity index (χ1) is 9.62. The maximum absolute atomic E-state index is 3.88. The molecule has 0 spiro atoms. The van der Waals surface area contributed by atoms with Crippen LogP contribution in [0.15, 0.2) is 0 Å². The Labute approximate surface area is 145 Å². The lowest BCUT2D eigenvalue weighted by Crippen LogP contribution is -2.10. The normalized spacial score (nSPS) is 12.0. The summed E-state index contributed by atoms with van der Waals surface area (Å²) in [6.45, 7) is 4.57. The quantitative estimate of drug-likeness (QED) is 0.187. The molecule has 122 valence electrons. The summed E-state index contributed by atoms with van der Waals surface area (Å²) in [5.41, 5.74) is 0. The van der Waals surface area contributed by atoms with Crippen molar-refractivity contribution >= 4 is 31.9 Å². The summed E-state index contributed by atoms with van der Waals surface area (Å²) < 4.78 is 0.216. The molecule has 0 N–H and O–H groups in total. The van der Waals surface area contributed by atoms with Gasteiger partial charge in [0.2, 0.25) is 0 Å². The summed E-state index contributed by atoms with van der Waals surface area (Å²) in [6, 6.07) is 0. The third-order valence-corrected chi connectivity index (χ3v) is 5.63. The van der Waals surface area contributed by atoms with Gasteiger partial charge < -0.3 is 0 Å². The summed E-state index contributed by atoms with van der Waals surface area (Å²) in [5, 5.41) is 0. The molecule has 0 saturated carbocycles. The molecule has 0 radical (unpaired) electrons. The minimum Gasteiger partial charge on any atom is -0.0727 e. The van der Waals surface area contributed by atoms with Gasteiger partial charge in [0.05, 0.1) is 3.23 Å². The number of unbranched alkanes of at least 4 members (excludes halogenated alkanes) is 11. The predicted octanol–water partition coefficient (Wildman–Crippen LogP) is 8.36. The highest BCUT2D eigenvalue weighted by Crippen LogP contribution is 2.37. The molecule has 0 nitrogen and oxygen atoms in total. The van der Waals surface area contributed by atoms with Gasteiger partial charge in [-0.05, 0) is 12.8 Å². The molecule has 2 heteroatoms. The fourth-order valence-electron chi connectivity index (χ4n) is 2.63. The Morgan fingerprint density at radius 2 is 0.800 bits per heavy atom. The number of hydrogen-bond donors (Lipinski definition) is 0. The van der Waals surface area contributed by atoms with Crippen LogP contribution in [-0.2, 0) is 0 Å². The highest BCUT2D eigenvalue weighted by atomic mass is 79.9. The second-order valence-corrected chi connectivity index (χ2v) is 10.3. The summed E-state index contributed by atoms with van der Waals surface area (Å²) in [5.74, 6) is 0. The summed E-state index contributed by atoms with van der Waals surface area (Å²) in [4.78, 5) is 0. The molecule has 0 rings (SSSR count). The summed E-state index contributed by atoms with van der Waals surface area (Å²) in [7, 11) is 0. The smallest absolute Gasteiger partial charge is 0.0727 e. The van der Waals surface area contributed by atoms with Crippen LogP contribution in [0.5, 0.6) is 0 Å². The molecule has 0 aromatic carbocycles. The van der Waals surface area contributed by atoms with Crippen molar-refractivity contribution < 1.29 is 0 Å². The van der Waals surface area contributed by atoms with Crippen LogP contribution in [-0.4, -0.2) is 3.23 Å². The van der Waals surface area contributed by atoms with E-state index in [9.17, 15) is 0 Å². The molecule has 0 heterocycles. The van der Waals surface area contributed by atoms with Crippen molar-refractivity contribution in [1.29, 1.82) is 0 Å². The fourth-order valence-corrected chi connectivity index (χ4v) is 3.75. The van der Waals surface area contributed by atoms with Gasteiger partial charge in [-0.2, -0.15) is 0 Å². The van der Waals surface area contributed by atoms with Crippen molar-refractivity contribution in [3.8, 4) is 0 Å². The third kappa shape index (κ3) is 15.4.